The average Bonchev–Trinajstić information content (AvgIpc) is 3.02. The third kappa shape index (κ3) is 9.10. The summed E-state index contributed by atoms with van der Waals surface area (Å²) in [6, 6.07) is 22.2. The maximum Gasteiger partial charge on any atom is 0.166 e. The summed E-state index contributed by atoms with van der Waals surface area (Å²) in [6.45, 7) is 4.88. The molecule has 0 spiro atoms. The van der Waals surface area contributed by atoms with Gasteiger partial charge in [-0.2, -0.15) is 0 Å². The van der Waals surface area contributed by atoms with E-state index in [0.717, 1.165) is 48.6 Å². The number of hydrogen-bond donors (Lipinski definition) is 1. The van der Waals surface area contributed by atoms with Crippen LogP contribution in [0.5, 0.6) is 23.0 Å². The lowest BCUT2D eigenvalue weighted by molar-refractivity contribution is 0.00928. The van der Waals surface area contributed by atoms with Crippen molar-refractivity contribution in [2.75, 3.05) is 60.8 Å². The van der Waals surface area contributed by atoms with Crippen molar-refractivity contribution < 1.29 is 33.2 Å². The second kappa shape index (κ2) is 16.8. The number of piperidine rings is 1. The molecule has 2 atom stereocenters. The predicted molar refractivity (Wildman–Crippen MR) is 158 cm³/mol. The summed E-state index contributed by atoms with van der Waals surface area (Å²) in [7, 11) is 4.98. The molecule has 4 rings (SSSR count). The van der Waals surface area contributed by atoms with Gasteiger partial charge in [0.1, 0.15) is 18.1 Å². The van der Waals surface area contributed by atoms with Crippen LogP contribution in [-0.2, 0) is 27.4 Å². The van der Waals surface area contributed by atoms with Gasteiger partial charge in [0.15, 0.2) is 11.5 Å². The molecule has 0 aliphatic carbocycles. The fourth-order valence-electron chi connectivity index (χ4n) is 4.98. The quantitative estimate of drug-likeness (QED) is 0.219. The monoisotopic (exact) mass is 565 g/mol. The summed E-state index contributed by atoms with van der Waals surface area (Å²) in [5, 5.41) is 3.48. The first-order valence-corrected chi connectivity index (χ1v) is 14.3. The minimum Gasteiger partial charge on any atom is -0.496 e. The molecular weight excluding hydrogens is 522 g/mol. The van der Waals surface area contributed by atoms with E-state index in [1.165, 1.54) is 5.56 Å². The lowest BCUT2D eigenvalue weighted by Crippen LogP contribution is -2.41. The van der Waals surface area contributed by atoms with Crippen molar-refractivity contribution in [1.29, 1.82) is 0 Å². The topological polar surface area (TPSA) is 76.6 Å². The van der Waals surface area contributed by atoms with E-state index in [-0.39, 0.29) is 12.0 Å². The normalized spacial score (nSPS) is 16.8. The Hall–Kier alpha value is -3.30. The van der Waals surface area contributed by atoms with Gasteiger partial charge in [-0.25, -0.2) is 0 Å². The smallest absolute Gasteiger partial charge is 0.166 e. The van der Waals surface area contributed by atoms with Crippen molar-refractivity contribution in [3.63, 3.8) is 0 Å². The Kier molecular flexibility index (Phi) is 12.6. The molecule has 0 saturated carbocycles. The van der Waals surface area contributed by atoms with Crippen LogP contribution in [-0.4, -0.2) is 67.0 Å². The van der Waals surface area contributed by atoms with Gasteiger partial charge in [-0.3, -0.25) is 0 Å². The van der Waals surface area contributed by atoms with Gasteiger partial charge in [-0.15, -0.1) is 0 Å². The molecule has 0 amide bonds. The highest BCUT2D eigenvalue weighted by Crippen LogP contribution is 2.34. The van der Waals surface area contributed by atoms with Crippen molar-refractivity contribution in [2.45, 2.75) is 38.1 Å². The van der Waals surface area contributed by atoms with Gasteiger partial charge in [-0.05, 0) is 42.8 Å². The molecule has 1 N–H and O–H groups in total. The maximum absolute atomic E-state index is 6.48. The SMILES string of the molecule is COCCOc1c(CO[C@H]2CNCC[C@@H]2c2ccc(OCCCOCc3ccccc3OC)cc2)cccc1OC. The molecule has 0 radical (unpaired) electrons. The highest BCUT2D eigenvalue weighted by molar-refractivity contribution is 5.46. The van der Waals surface area contributed by atoms with Crippen molar-refractivity contribution in [1.82, 2.24) is 5.32 Å². The van der Waals surface area contributed by atoms with E-state index in [4.69, 9.17) is 33.2 Å². The number of para-hydroxylation sites is 2. The summed E-state index contributed by atoms with van der Waals surface area (Å²) in [6.07, 6.45) is 1.85. The Morgan fingerprint density at radius 3 is 2.32 bits per heavy atom. The van der Waals surface area contributed by atoms with Crippen molar-refractivity contribution in [3.05, 3.63) is 83.4 Å². The first-order valence-electron chi connectivity index (χ1n) is 14.3. The second-order valence-electron chi connectivity index (χ2n) is 9.87. The number of ether oxygens (including phenoxy) is 7. The van der Waals surface area contributed by atoms with E-state index in [1.54, 1.807) is 21.3 Å². The summed E-state index contributed by atoms with van der Waals surface area (Å²) >= 11 is 0. The summed E-state index contributed by atoms with van der Waals surface area (Å²) in [5.41, 5.74) is 3.26. The van der Waals surface area contributed by atoms with E-state index in [2.05, 4.69) is 17.4 Å². The van der Waals surface area contributed by atoms with E-state index >= 15 is 0 Å². The van der Waals surface area contributed by atoms with Gasteiger partial charge >= 0.3 is 0 Å². The van der Waals surface area contributed by atoms with Gasteiger partial charge in [0.25, 0.3) is 0 Å². The Labute approximate surface area is 243 Å². The van der Waals surface area contributed by atoms with E-state index < -0.39 is 0 Å². The second-order valence-corrected chi connectivity index (χ2v) is 9.87. The molecule has 3 aromatic rings. The van der Waals surface area contributed by atoms with Crippen LogP contribution >= 0.6 is 0 Å². The van der Waals surface area contributed by atoms with Crippen molar-refractivity contribution in [2.24, 2.45) is 0 Å². The van der Waals surface area contributed by atoms with Gasteiger partial charge in [-0.1, -0.05) is 42.5 Å². The van der Waals surface area contributed by atoms with Crippen LogP contribution in [0, 0.1) is 0 Å². The van der Waals surface area contributed by atoms with Crippen molar-refractivity contribution in [3.8, 4) is 23.0 Å². The molecule has 0 unspecified atom stereocenters. The van der Waals surface area contributed by atoms with Gasteiger partial charge < -0.3 is 38.5 Å². The largest absolute Gasteiger partial charge is 0.496 e. The molecule has 8 nitrogen and oxygen atoms in total. The summed E-state index contributed by atoms with van der Waals surface area (Å²) in [4.78, 5) is 0. The van der Waals surface area contributed by atoms with Crippen molar-refractivity contribution >= 4 is 0 Å². The molecule has 1 aliphatic heterocycles. The molecule has 0 bridgehead atoms. The third-order valence-electron chi connectivity index (χ3n) is 7.15. The minimum atomic E-state index is 0.0360. The predicted octanol–water partition coefficient (Wildman–Crippen LogP) is 5.38. The van der Waals surface area contributed by atoms with E-state index in [0.29, 0.717) is 51.1 Å². The van der Waals surface area contributed by atoms with Crippen LogP contribution < -0.4 is 24.3 Å². The van der Waals surface area contributed by atoms with Crippen LogP contribution in [0.1, 0.15) is 35.4 Å². The molecule has 0 aromatic heterocycles. The fraction of sp³-hybridized carbons (Fsp3) is 0.455. The molecule has 41 heavy (non-hydrogen) atoms. The number of hydrogen-bond acceptors (Lipinski definition) is 8. The fourth-order valence-corrected chi connectivity index (χ4v) is 4.98. The maximum atomic E-state index is 6.48. The summed E-state index contributed by atoms with van der Waals surface area (Å²) in [5.74, 6) is 3.40. The van der Waals surface area contributed by atoms with Crippen LogP contribution in [0.2, 0.25) is 0 Å². The van der Waals surface area contributed by atoms with E-state index in [1.807, 2.05) is 54.6 Å². The first kappa shape index (κ1) is 30.7. The molecule has 1 saturated heterocycles. The number of nitrogens with one attached hydrogen (secondary N) is 1. The Morgan fingerprint density at radius 1 is 0.732 bits per heavy atom. The van der Waals surface area contributed by atoms with E-state index in [9.17, 15) is 0 Å². The summed E-state index contributed by atoms with van der Waals surface area (Å²) < 4.78 is 40.3. The number of methoxy groups -OCH3 is 3. The number of rotatable bonds is 17. The van der Waals surface area contributed by atoms with Crippen LogP contribution in [0.4, 0.5) is 0 Å². The lowest BCUT2D eigenvalue weighted by atomic mass is 9.87. The standard InChI is InChI=1S/C33H43NO7/c1-35-20-21-40-33-27(9-6-11-31(33)37-3)24-41-32-22-34-17-16-29(32)25-12-14-28(15-13-25)39-19-7-18-38-23-26-8-4-5-10-30(26)36-2/h4-6,8-15,29,32,34H,7,16-24H2,1-3H3/t29-,32+/m1/s1. The molecular formula is C33H43NO7. The Bertz CT molecular complexity index is 1170. The first-order chi connectivity index (χ1) is 20.2. The number of benzene rings is 3. The molecule has 1 fully saturated rings. The highest BCUT2D eigenvalue weighted by atomic mass is 16.5. The van der Waals surface area contributed by atoms with Crippen LogP contribution in [0.25, 0.3) is 0 Å². The zero-order valence-electron chi connectivity index (χ0n) is 24.4. The van der Waals surface area contributed by atoms with Crippen LogP contribution in [0.15, 0.2) is 66.7 Å². The zero-order valence-corrected chi connectivity index (χ0v) is 24.4. The Morgan fingerprint density at radius 2 is 1.51 bits per heavy atom. The average molecular weight is 566 g/mol. The third-order valence-corrected chi connectivity index (χ3v) is 7.15. The highest BCUT2D eigenvalue weighted by Gasteiger charge is 2.27. The Balaban J connectivity index is 1.25. The molecule has 1 aliphatic rings. The van der Waals surface area contributed by atoms with Gasteiger partial charge in [0, 0.05) is 37.1 Å². The zero-order chi connectivity index (χ0) is 28.7. The minimum absolute atomic E-state index is 0.0360. The molecule has 8 heteroatoms. The van der Waals surface area contributed by atoms with Gasteiger partial charge in [0.2, 0.25) is 0 Å². The molecule has 1 heterocycles. The van der Waals surface area contributed by atoms with Gasteiger partial charge in [0.05, 0.1) is 53.4 Å². The van der Waals surface area contributed by atoms with Crippen LogP contribution in [0.3, 0.4) is 0 Å². The molecule has 222 valence electrons. The molecule has 3 aromatic carbocycles. The lowest BCUT2D eigenvalue weighted by Gasteiger charge is -2.33.